The van der Waals surface area contributed by atoms with E-state index in [2.05, 4.69) is 33.9 Å². The Kier molecular flexibility index (Phi) is 7.71. The summed E-state index contributed by atoms with van der Waals surface area (Å²) in [6.07, 6.45) is 3.81. The summed E-state index contributed by atoms with van der Waals surface area (Å²) >= 11 is 0. The molecule has 2 saturated heterocycles. The number of fused-ring (bicyclic) bond motifs is 1. The van der Waals surface area contributed by atoms with Crippen LogP contribution in [0.2, 0.25) is 0 Å². The second-order valence-electron chi connectivity index (χ2n) is 9.79. The van der Waals surface area contributed by atoms with E-state index >= 15 is 0 Å². The van der Waals surface area contributed by atoms with Crippen molar-refractivity contribution in [3.8, 4) is 5.75 Å². The van der Waals surface area contributed by atoms with E-state index < -0.39 is 0 Å². The molecule has 176 valence electrons. The van der Waals surface area contributed by atoms with Gasteiger partial charge in [0.1, 0.15) is 11.4 Å². The molecular formula is C25H38N4O3. The number of nitrogens with one attached hydrogen (secondary N) is 2. The molecule has 0 spiro atoms. The standard InChI is InChI=1S/C25H38N4O3/c1-18(2)17-32-24-7-3-6-22-21(24)15-23(27-22)25(31)26-19-8-11-28(12-9-19)13-14-29-10-4-5-20(30)16-29/h3,6-7,15,18-20,27,30H,4-5,8-14,16-17H2,1-2H3,(H,26,31)/t20-/m0/s1. The van der Waals surface area contributed by atoms with Crippen molar-refractivity contribution in [1.29, 1.82) is 0 Å². The van der Waals surface area contributed by atoms with Crippen LogP contribution in [0.1, 0.15) is 50.0 Å². The summed E-state index contributed by atoms with van der Waals surface area (Å²) < 4.78 is 5.93. The zero-order valence-electron chi connectivity index (χ0n) is 19.5. The SMILES string of the molecule is CC(C)COc1cccc2[nH]c(C(=O)NC3CCN(CCN4CCC[C@H](O)C4)CC3)cc12. The Morgan fingerprint density at radius 3 is 2.72 bits per heavy atom. The number of hydrogen-bond donors (Lipinski definition) is 3. The van der Waals surface area contributed by atoms with Crippen LogP contribution in [0.5, 0.6) is 5.75 Å². The highest BCUT2D eigenvalue weighted by Gasteiger charge is 2.23. The van der Waals surface area contributed by atoms with Crippen molar-refractivity contribution < 1.29 is 14.6 Å². The van der Waals surface area contributed by atoms with Crippen LogP contribution < -0.4 is 10.1 Å². The molecule has 1 aromatic heterocycles. The molecule has 2 aromatic rings. The fourth-order valence-corrected chi connectivity index (χ4v) is 4.71. The molecule has 1 amide bonds. The molecule has 0 bridgehead atoms. The lowest BCUT2D eigenvalue weighted by molar-refractivity contribution is 0.0617. The van der Waals surface area contributed by atoms with Gasteiger partial charge in [0.15, 0.2) is 0 Å². The number of piperidine rings is 2. The normalized spacial score (nSPS) is 21.3. The summed E-state index contributed by atoms with van der Waals surface area (Å²) in [6, 6.07) is 8.01. The fourth-order valence-electron chi connectivity index (χ4n) is 4.71. The first kappa shape index (κ1) is 23.1. The lowest BCUT2D eigenvalue weighted by Gasteiger charge is -2.35. The maximum Gasteiger partial charge on any atom is 0.267 e. The van der Waals surface area contributed by atoms with Crippen LogP contribution in [0.25, 0.3) is 10.9 Å². The van der Waals surface area contributed by atoms with Crippen LogP contribution in [0, 0.1) is 5.92 Å². The number of carbonyl (C=O) groups is 1. The number of aromatic nitrogens is 1. The van der Waals surface area contributed by atoms with Crippen LogP contribution in [-0.2, 0) is 0 Å². The van der Waals surface area contributed by atoms with E-state index in [1.807, 2.05) is 24.3 Å². The van der Waals surface area contributed by atoms with Gasteiger partial charge < -0.3 is 25.0 Å². The largest absolute Gasteiger partial charge is 0.493 e. The molecule has 0 saturated carbocycles. The maximum atomic E-state index is 12.9. The smallest absolute Gasteiger partial charge is 0.267 e. The third-order valence-corrected chi connectivity index (χ3v) is 6.58. The van der Waals surface area contributed by atoms with Gasteiger partial charge in [0.2, 0.25) is 0 Å². The van der Waals surface area contributed by atoms with Gasteiger partial charge in [-0.05, 0) is 56.3 Å². The van der Waals surface area contributed by atoms with Gasteiger partial charge in [-0.1, -0.05) is 19.9 Å². The second kappa shape index (κ2) is 10.7. The minimum atomic E-state index is -0.160. The number of H-pyrrole nitrogens is 1. The molecule has 2 aliphatic heterocycles. The van der Waals surface area contributed by atoms with E-state index in [9.17, 15) is 9.90 Å². The number of aliphatic hydroxyl groups is 1. The molecule has 0 aliphatic carbocycles. The van der Waals surface area contributed by atoms with Gasteiger partial charge in [-0.3, -0.25) is 9.69 Å². The number of hydrogen-bond acceptors (Lipinski definition) is 5. The third-order valence-electron chi connectivity index (χ3n) is 6.58. The highest BCUT2D eigenvalue weighted by Crippen LogP contribution is 2.27. The molecule has 7 heteroatoms. The summed E-state index contributed by atoms with van der Waals surface area (Å²) in [5.74, 6) is 1.22. The molecule has 0 unspecified atom stereocenters. The van der Waals surface area contributed by atoms with Crippen molar-refractivity contribution in [1.82, 2.24) is 20.1 Å². The Balaban J connectivity index is 1.26. The van der Waals surface area contributed by atoms with Crippen molar-refractivity contribution >= 4 is 16.8 Å². The summed E-state index contributed by atoms with van der Waals surface area (Å²) in [6.45, 7) is 10.9. The van der Waals surface area contributed by atoms with Crippen molar-refractivity contribution in [3.05, 3.63) is 30.0 Å². The molecular weight excluding hydrogens is 404 g/mol. The number of β-amino-alcohol motifs (C(OH)–C–C–N with tert-alkyl or cyclic N) is 1. The molecule has 3 heterocycles. The number of amides is 1. The Morgan fingerprint density at radius 2 is 1.97 bits per heavy atom. The number of likely N-dealkylation sites (tertiary alicyclic amines) is 2. The molecule has 0 radical (unpaired) electrons. The van der Waals surface area contributed by atoms with Crippen LogP contribution in [0.4, 0.5) is 0 Å². The van der Waals surface area contributed by atoms with Crippen LogP contribution in [-0.4, -0.2) is 83.8 Å². The predicted octanol–water partition coefficient (Wildman–Crippen LogP) is 2.85. The van der Waals surface area contributed by atoms with Crippen molar-refractivity contribution in [2.75, 3.05) is 45.9 Å². The first-order valence-corrected chi connectivity index (χ1v) is 12.2. The first-order chi connectivity index (χ1) is 15.5. The van der Waals surface area contributed by atoms with Crippen molar-refractivity contribution in [3.63, 3.8) is 0 Å². The first-order valence-electron chi connectivity index (χ1n) is 12.2. The highest BCUT2D eigenvalue weighted by molar-refractivity contribution is 5.99. The van der Waals surface area contributed by atoms with Gasteiger partial charge >= 0.3 is 0 Å². The quantitative estimate of drug-likeness (QED) is 0.586. The Morgan fingerprint density at radius 1 is 1.19 bits per heavy atom. The zero-order chi connectivity index (χ0) is 22.5. The number of ether oxygens (including phenoxy) is 1. The van der Waals surface area contributed by atoms with Gasteiger partial charge in [-0.15, -0.1) is 0 Å². The number of aromatic amines is 1. The molecule has 3 N–H and O–H groups in total. The lowest BCUT2D eigenvalue weighted by atomic mass is 10.0. The van der Waals surface area contributed by atoms with Crippen molar-refractivity contribution in [2.24, 2.45) is 5.92 Å². The number of benzene rings is 1. The van der Waals surface area contributed by atoms with Gasteiger partial charge in [0.05, 0.1) is 12.7 Å². The number of aliphatic hydroxyl groups excluding tert-OH is 1. The molecule has 2 fully saturated rings. The van der Waals surface area contributed by atoms with E-state index in [1.165, 1.54) is 0 Å². The fraction of sp³-hybridized carbons (Fsp3) is 0.640. The monoisotopic (exact) mass is 442 g/mol. The van der Waals surface area contributed by atoms with Gasteiger partial charge in [-0.2, -0.15) is 0 Å². The maximum absolute atomic E-state index is 12.9. The van der Waals surface area contributed by atoms with Gasteiger partial charge in [-0.25, -0.2) is 0 Å². The van der Waals surface area contributed by atoms with E-state index in [-0.39, 0.29) is 18.1 Å². The Hall–Kier alpha value is -2.09. The van der Waals surface area contributed by atoms with E-state index in [4.69, 9.17) is 4.74 Å². The predicted molar refractivity (Wildman–Crippen MR) is 127 cm³/mol. The minimum Gasteiger partial charge on any atom is -0.493 e. The highest BCUT2D eigenvalue weighted by atomic mass is 16.5. The molecule has 1 atom stereocenters. The molecule has 1 aromatic carbocycles. The third kappa shape index (κ3) is 6.03. The summed E-state index contributed by atoms with van der Waals surface area (Å²) in [5.41, 5.74) is 1.51. The molecule has 2 aliphatic rings. The van der Waals surface area contributed by atoms with E-state index in [0.29, 0.717) is 18.2 Å². The van der Waals surface area contributed by atoms with E-state index in [0.717, 1.165) is 81.6 Å². The molecule has 7 nitrogen and oxygen atoms in total. The zero-order valence-corrected chi connectivity index (χ0v) is 19.5. The summed E-state index contributed by atoms with van der Waals surface area (Å²) in [4.78, 5) is 21.0. The minimum absolute atomic E-state index is 0.0447. The summed E-state index contributed by atoms with van der Waals surface area (Å²) in [7, 11) is 0. The van der Waals surface area contributed by atoms with Crippen LogP contribution in [0.3, 0.4) is 0 Å². The number of nitrogens with zero attached hydrogens (tertiary/aromatic N) is 2. The number of rotatable bonds is 8. The van der Waals surface area contributed by atoms with Crippen molar-refractivity contribution in [2.45, 2.75) is 51.7 Å². The Labute approximate surface area is 191 Å². The topological polar surface area (TPSA) is 80.8 Å². The van der Waals surface area contributed by atoms with E-state index in [1.54, 1.807) is 0 Å². The van der Waals surface area contributed by atoms with Crippen LogP contribution >= 0.6 is 0 Å². The summed E-state index contributed by atoms with van der Waals surface area (Å²) in [5, 5.41) is 14.0. The van der Waals surface area contributed by atoms with Gasteiger partial charge in [0, 0.05) is 49.7 Å². The second-order valence-corrected chi connectivity index (χ2v) is 9.79. The number of carbonyl (C=O) groups excluding carboxylic acids is 1. The Bertz CT molecular complexity index is 888. The lowest BCUT2D eigenvalue weighted by Crippen LogP contribution is -2.47. The average Bonchev–Trinajstić information content (AvgIpc) is 3.22. The average molecular weight is 443 g/mol. The molecule has 4 rings (SSSR count). The van der Waals surface area contributed by atoms with Gasteiger partial charge in [0.25, 0.3) is 5.91 Å². The van der Waals surface area contributed by atoms with Crippen LogP contribution in [0.15, 0.2) is 24.3 Å². The molecule has 32 heavy (non-hydrogen) atoms.